The smallest absolute Gasteiger partial charge is 0.0827 e. The van der Waals surface area contributed by atoms with E-state index in [1.54, 1.807) is 0 Å². The molecule has 2 nitrogen and oxygen atoms in total. The number of hydrogen-bond donors (Lipinski definition) is 2. The third-order valence-electron chi connectivity index (χ3n) is 5.38. The van der Waals surface area contributed by atoms with Crippen molar-refractivity contribution in [1.29, 1.82) is 0 Å². The van der Waals surface area contributed by atoms with E-state index < -0.39 is 5.60 Å². The Kier molecular flexibility index (Phi) is 4.42. The largest absolute Gasteiger partial charge is 0.388 e. The Morgan fingerprint density at radius 1 is 1.05 bits per heavy atom. The van der Waals surface area contributed by atoms with Crippen molar-refractivity contribution >= 4 is 0 Å². The van der Waals surface area contributed by atoms with E-state index in [1.807, 2.05) is 0 Å². The highest BCUT2D eigenvalue weighted by molar-refractivity contribution is 5.15. The Hall–Kier alpha value is -0.860. The molecule has 0 aromatic heterocycles. The molecule has 1 aromatic rings. The molecule has 2 aliphatic rings. The summed E-state index contributed by atoms with van der Waals surface area (Å²) in [5, 5.41) is 14.7. The molecular formula is C18H27NO. The lowest BCUT2D eigenvalue weighted by Gasteiger charge is -2.49. The molecule has 0 amide bonds. The molecule has 0 aliphatic heterocycles. The van der Waals surface area contributed by atoms with E-state index in [0.29, 0.717) is 12.0 Å². The van der Waals surface area contributed by atoms with Crippen molar-refractivity contribution in [2.75, 3.05) is 6.54 Å². The Morgan fingerprint density at radius 2 is 1.85 bits per heavy atom. The molecule has 0 spiro atoms. The van der Waals surface area contributed by atoms with E-state index in [-0.39, 0.29) is 0 Å². The lowest BCUT2D eigenvalue weighted by atomic mass is 9.65. The molecule has 0 heterocycles. The molecule has 2 fully saturated rings. The topological polar surface area (TPSA) is 32.3 Å². The maximum absolute atomic E-state index is 11.1. The van der Waals surface area contributed by atoms with E-state index in [1.165, 1.54) is 37.7 Å². The second-order valence-corrected chi connectivity index (χ2v) is 6.61. The van der Waals surface area contributed by atoms with Gasteiger partial charge < -0.3 is 10.4 Å². The van der Waals surface area contributed by atoms with Crippen LogP contribution in [0, 0.1) is 5.92 Å². The molecule has 20 heavy (non-hydrogen) atoms. The first-order valence-electron chi connectivity index (χ1n) is 8.29. The van der Waals surface area contributed by atoms with Gasteiger partial charge in [-0.25, -0.2) is 0 Å². The first-order chi connectivity index (χ1) is 9.79. The zero-order chi connectivity index (χ0) is 13.8. The summed E-state index contributed by atoms with van der Waals surface area (Å²) in [5.41, 5.74) is 0.954. The third kappa shape index (κ3) is 2.91. The second kappa shape index (κ2) is 6.28. The minimum absolute atomic E-state index is 0.310. The van der Waals surface area contributed by atoms with Crippen molar-refractivity contribution in [2.24, 2.45) is 5.92 Å². The van der Waals surface area contributed by atoms with Gasteiger partial charge in [0.15, 0.2) is 0 Å². The van der Waals surface area contributed by atoms with Gasteiger partial charge in [0, 0.05) is 6.04 Å². The summed E-state index contributed by atoms with van der Waals surface area (Å²) >= 11 is 0. The minimum atomic E-state index is -0.423. The molecule has 0 bridgehead atoms. The number of hydrogen-bond acceptors (Lipinski definition) is 2. The Morgan fingerprint density at radius 3 is 2.70 bits per heavy atom. The molecule has 2 heteroatoms. The maximum Gasteiger partial charge on any atom is 0.0827 e. The van der Waals surface area contributed by atoms with Gasteiger partial charge in [0.1, 0.15) is 0 Å². The van der Waals surface area contributed by atoms with Crippen molar-refractivity contribution in [3.8, 4) is 0 Å². The lowest BCUT2D eigenvalue weighted by molar-refractivity contribution is -0.0983. The highest BCUT2D eigenvalue weighted by atomic mass is 16.3. The van der Waals surface area contributed by atoms with Gasteiger partial charge >= 0.3 is 0 Å². The molecule has 3 atom stereocenters. The number of benzene rings is 1. The molecule has 2 N–H and O–H groups in total. The Labute approximate surface area is 122 Å². The molecule has 2 aliphatic carbocycles. The fourth-order valence-electron chi connectivity index (χ4n) is 4.24. The highest BCUT2D eigenvalue weighted by Crippen LogP contribution is 2.43. The van der Waals surface area contributed by atoms with Gasteiger partial charge in [-0.1, -0.05) is 49.6 Å². The summed E-state index contributed by atoms with van der Waals surface area (Å²) in [6.45, 7) is 0.976. The standard InChI is InChI=1S/C18H27NO/c20-18-13-5-4-9-16(18)10-6-11-17(18)19-14-12-15-7-2-1-3-8-15/h1-3,7-8,16-17,19-20H,4-6,9-14H2/t16-,17+,18+/m1/s1. The molecule has 110 valence electrons. The summed E-state index contributed by atoms with van der Waals surface area (Å²) in [4.78, 5) is 0. The predicted octanol–water partition coefficient (Wildman–Crippen LogP) is 3.29. The second-order valence-electron chi connectivity index (χ2n) is 6.61. The first-order valence-corrected chi connectivity index (χ1v) is 8.29. The van der Waals surface area contributed by atoms with Crippen molar-refractivity contribution in [3.63, 3.8) is 0 Å². The van der Waals surface area contributed by atoms with E-state index in [2.05, 4.69) is 35.6 Å². The fourth-order valence-corrected chi connectivity index (χ4v) is 4.24. The van der Waals surface area contributed by atoms with Crippen molar-refractivity contribution < 1.29 is 5.11 Å². The van der Waals surface area contributed by atoms with E-state index in [9.17, 15) is 5.11 Å². The van der Waals surface area contributed by atoms with Crippen LogP contribution in [0.4, 0.5) is 0 Å². The molecule has 1 aromatic carbocycles. The van der Waals surface area contributed by atoms with Crippen LogP contribution >= 0.6 is 0 Å². The van der Waals surface area contributed by atoms with Crippen molar-refractivity contribution in [2.45, 2.75) is 63.0 Å². The van der Waals surface area contributed by atoms with Crippen LogP contribution in [0.15, 0.2) is 30.3 Å². The maximum atomic E-state index is 11.1. The van der Waals surface area contributed by atoms with Crippen LogP contribution in [0.1, 0.15) is 50.5 Å². The van der Waals surface area contributed by atoms with Crippen molar-refractivity contribution in [1.82, 2.24) is 5.32 Å². The van der Waals surface area contributed by atoms with Crippen LogP contribution in [0.2, 0.25) is 0 Å². The third-order valence-corrected chi connectivity index (χ3v) is 5.38. The Bertz CT molecular complexity index is 417. The molecule has 0 unspecified atom stereocenters. The zero-order valence-corrected chi connectivity index (χ0v) is 12.4. The predicted molar refractivity (Wildman–Crippen MR) is 82.7 cm³/mol. The Balaban J connectivity index is 1.56. The number of aliphatic hydroxyl groups is 1. The summed E-state index contributed by atoms with van der Waals surface area (Å²) in [6.07, 6.45) is 9.44. The molecular weight excluding hydrogens is 246 g/mol. The lowest BCUT2D eigenvalue weighted by Crippen LogP contribution is -2.59. The van der Waals surface area contributed by atoms with Gasteiger partial charge in [-0.2, -0.15) is 0 Å². The van der Waals surface area contributed by atoms with E-state index in [0.717, 1.165) is 25.8 Å². The quantitative estimate of drug-likeness (QED) is 0.882. The van der Waals surface area contributed by atoms with E-state index in [4.69, 9.17) is 0 Å². The van der Waals surface area contributed by atoms with Gasteiger partial charge in [0.25, 0.3) is 0 Å². The summed E-state index contributed by atoms with van der Waals surface area (Å²) in [5.74, 6) is 0.541. The van der Waals surface area contributed by atoms with Gasteiger partial charge in [-0.05, 0) is 50.1 Å². The zero-order valence-electron chi connectivity index (χ0n) is 12.4. The van der Waals surface area contributed by atoms with Crippen LogP contribution in [-0.4, -0.2) is 23.3 Å². The molecule has 0 radical (unpaired) electrons. The van der Waals surface area contributed by atoms with Gasteiger partial charge in [0.05, 0.1) is 5.60 Å². The highest BCUT2D eigenvalue weighted by Gasteiger charge is 2.46. The minimum Gasteiger partial charge on any atom is -0.388 e. The van der Waals surface area contributed by atoms with Gasteiger partial charge in [-0.3, -0.25) is 0 Å². The normalized spacial score (nSPS) is 33.6. The monoisotopic (exact) mass is 273 g/mol. The summed E-state index contributed by atoms with van der Waals surface area (Å²) in [6, 6.07) is 10.9. The average Bonchev–Trinajstić information content (AvgIpc) is 2.49. The fraction of sp³-hybridized carbons (Fsp3) is 0.667. The summed E-state index contributed by atoms with van der Waals surface area (Å²) < 4.78 is 0. The van der Waals surface area contributed by atoms with Crippen LogP contribution in [0.3, 0.4) is 0 Å². The number of rotatable bonds is 4. The van der Waals surface area contributed by atoms with Crippen LogP contribution in [0.25, 0.3) is 0 Å². The molecule has 2 saturated carbocycles. The van der Waals surface area contributed by atoms with E-state index >= 15 is 0 Å². The van der Waals surface area contributed by atoms with Gasteiger partial charge in [-0.15, -0.1) is 0 Å². The summed E-state index contributed by atoms with van der Waals surface area (Å²) in [7, 11) is 0. The SMILES string of the molecule is O[C@@]12CCCC[C@@H]1CCC[C@@H]2NCCc1ccccc1. The van der Waals surface area contributed by atoms with Crippen molar-refractivity contribution in [3.05, 3.63) is 35.9 Å². The van der Waals surface area contributed by atoms with Crippen LogP contribution in [0.5, 0.6) is 0 Å². The molecule has 3 rings (SSSR count). The number of fused-ring (bicyclic) bond motifs is 1. The first kappa shape index (κ1) is 14.1. The molecule has 0 saturated heterocycles. The average molecular weight is 273 g/mol. The number of nitrogens with one attached hydrogen (secondary N) is 1. The van der Waals surface area contributed by atoms with Crippen LogP contribution in [-0.2, 0) is 6.42 Å². The van der Waals surface area contributed by atoms with Gasteiger partial charge in [0.2, 0.25) is 0 Å². The van der Waals surface area contributed by atoms with Crippen LogP contribution < -0.4 is 5.32 Å².